The topological polar surface area (TPSA) is 122 Å². The van der Waals surface area contributed by atoms with E-state index in [1.165, 1.54) is 17.2 Å². The molecule has 5 rings (SSSR count). The highest BCUT2D eigenvalue weighted by Crippen LogP contribution is 2.31. The summed E-state index contributed by atoms with van der Waals surface area (Å²) >= 11 is 0. The first-order valence-corrected chi connectivity index (χ1v) is 9.94. The molecular formula is C22H18N6O4. The number of nitrogens with one attached hydrogen (secondary N) is 2. The van der Waals surface area contributed by atoms with Crippen LogP contribution >= 0.6 is 0 Å². The molecule has 2 amide bonds. The largest absolute Gasteiger partial charge is 0.482 e. The zero-order valence-corrected chi connectivity index (χ0v) is 16.8. The third-order valence-electron chi connectivity index (χ3n) is 5.15. The number of hydrogen-bond donors (Lipinski definition) is 2. The second kappa shape index (κ2) is 7.99. The Balaban J connectivity index is 1.36. The third-order valence-corrected chi connectivity index (χ3v) is 5.15. The highest BCUT2D eigenvalue weighted by molar-refractivity contribution is 5.99. The van der Waals surface area contributed by atoms with Crippen molar-refractivity contribution in [3.8, 4) is 11.4 Å². The van der Waals surface area contributed by atoms with Crippen molar-refractivity contribution in [1.29, 1.82) is 0 Å². The van der Waals surface area contributed by atoms with Gasteiger partial charge in [-0.1, -0.05) is 24.3 Å². The number of carbonyl (C=O) groups is 2. The van der Waals surface area contributed by atoms with E-state index in [0.717, 1.165) is 0 Å². The van der Waals surface area contributed by atoms with Crippen molar-refractivity contribution in [3.05, 3.63) is 71.4 Å². The summed E-state index contributed by atoms with van der Waals surface area (Å²) in [6, 6.07) is 14.3. The molecule has 0 saturated carbocycles. The number of aromatic nitrogens is 4. The molecule has 0 saturated heterocycles. The number of amides is 2. The first-order valence-electron chi connectivity index (χ1n) is 9.94. The molecule has 10 heteroatoms. The molecule has 0 bridgehead atoms. The Kier molecular flexibility index (Phi) is 4.86. The lowest BCUT2D eigenvalue weighted by atomic mass is 10.2. The Morgan fingerprint density at radius 3 is 2.75 bits per heavy atom. The van der Waals surface area contributed by atoms with E-state index in [1.807, 2.05) is 12.1 Å². The van der Waals surface area contributed by atoms with Gasteiger partial charge in [-0.15, -0.1) is 0 Å². The minimum Gasteiger partial charge on any atom is -0.482 e. The van der Waals surface area contributed by atoms with Gasteiger partial charge in [0.1, 0.15) is 11.1 Å². The van der Waals surface area contributed by atoms with Crippen molar-refractivity contribution in [1.82, 2.24) is 19.7 Å². The van der Waals surface area contributed by atoms with Crippen LogP contribution in [0.2, 0.25) is 0 Å². The molecule has 2 aromatic heterocycles. The van der Waals surface area contributed by atoms with Crippen LogP contribution in [0.25, 0.3) is 16.7 Å². The van der Waals surface area contributed by atoms with Gasteiger partial charge in [0.2, 0.25) is 5.91 Å². The molecule has 0 atom stereocenters. The van der Waals surface area contributed by atoms with Crippen LogP contribution < -0.4 is 20.5 Å². The molecule has 1 aliphatic rings. The average Bonchev–Trinajstić information content (AvgIpc) is 3.24. The maximum Gasteiger partial charge on any atom is 0.265 e. The third kappa shape index (κ3) is 3.47. The second-order valence-corrected chi connectivity index (χ2v) is 7.14. The summed E-state index contributed by atoms with van der Waals surface area (Å²) in [7, 11) is 0. The van der Waals surface area contributed by atoms with E-state index in [9.17, 15) is 14.4 Å². The fraction of sp³-hybridized carbons (Fsp3) is 0.136. The van der Waals surface area contributed by atoms with Gasteiger partial charge >= 0.3 is 0 Å². The Bertz CT molecular complexity index is 1390. The van der Waals surface area contributed by atoms with Crippen LogP contribution in [-0.2, 0) is 9.59 Å². The quantitative estimate of drug-likeness (QED) is 0.498. The van der Waals surface area contributed by atoms with Crippen LogP contribution in [0.3, 0.4) is 0 Å². The number of aromatic amines is 1. The molecule has 10 nitrogen and oxygen atoms in total. The molecule has 0 radical (unpaired) electrons. The van der Waals surface area contributed by atoms with Gasteiger partial charge in [0.15, 0.2) is 12.3 Å². The molecular weight excluding hydrogens is 412 g/mol. The number of H-pyrrole nitrogens is 1. The Labute approximate surface area is 181 Å². The molecule has 3 heterocycles. The van der Waals surface area contributed by atoms with E-state index in [4.69, 9.17) is 4.74 Å². The number of ether oxygens (including phenoxy) is 1. The molecule has 4 aromatic rings. The summed E-state index contributed by atoms with van der Waals surface area (Å²) in [5.41, 5.74) is 1.82. The van der Waals surface area contributed by atoms with Gasteiger partial charge in [0.25, 0.3) is 11.5 Å². The molecule has 0 unspecified atom stereocenters. The maximum atomic E-state index is 12.7. The smallest absolute Gasteiger partial charge is 0.265 e. The number of para-hydroxylation sites is 4. The minimum atomic E-state index is -0.293. The van der Waals surface area contributed by atoms with Crippen LogP contribution in [0, 0.1) is 0 Å². The van der Waals surface area contributed by atoms with Crippen molar-refractivity contribution in [2.75, 3.05) is 23.4 Å². The maximum absolute atomic E-state index is 12.7. The number of rotatable bonds is 5. The standard InChI is InChI=1S/C22H18N6O4/c29-19(9-10-27-17-7-3-4-8-18(17)32-12-20(27)30)26-15-5-1-2-6-16(15)28-21-14(11-25-28)22(31)24-13-23-21/h1-8,11,13H,9-10,12H2,(H,26,29)(H,23,24,31). The van der Waals surface area contributed by atoms with E-state index < -0.39 is 0 Å². The summed E-state index contributed by atoms with van der Waals surface area (Å²) in [6.07, 6.45) is 2.83. The van der Waals surface area contributed by atoms with Gasteiger partial charge in [-0.05, 0) is 24.3 Å². The van der Waals surface area contributed by atoms with E-state index >= 15 is 0 Å². The number of carbonyl (C=O) groups excluding carboxylic acids is 2. The second-order valence-electron chi connectivity index (χ2n) is 7.14. The van der Waals surface area contributed by atoms with Crippen LogP contribution in [-0.4, -0.2) is 44.7 Å². The predicted molar refractivity (Wildman–Crippen MR) is 117 cm³/mol. The van der Waals surface area contributed by atoms with Crippen LogP contribution in [0.1, 0.15) is 6.42 Å². The number of anilines is 2. The van der Waals surface area contributed by atoms with Gasteiger partial charge in [-0.3, -0.25) is 14.4 Å². The summed E-state index contributed by atoms with van der Waals surface area (Å²) in [4.78, 5) is 45.3. The van der Waals surface area contributed by atoms with Crippen molar-refractivity contribution in [3.63, 3.8) is 0 Å². The lowest BCUT2D eigenvalue weighted by Crippen LogP contribution is -2.40. The fourth-order valence-electron chi connectivity index (χ4n) is 3.62. The van der Waals surface area contributed by atoms with Crippen molar-refractivity contribution < 1.29 is 14.3 Å². The zero-order chi connectivity index (χ0) is 22.1. The number of fused-ring (bicyclic) bond motifs is 2. The van der Waals surface area contributed by atoms with E-state index in [0.29, 0.717) is 33.8 Å². The fourth-order valence-corrected chi connectivity index (χ4v) is 3.62. The van der Waals surface area contributed by atoms with Crippen LogP contribution in [0.15, 0.2) is 65.8 Å². The van der Waals surface area contributed by atoms with Gasteiger partial charge in [0.05, 0.1) is 29.6 Å². The van der Waals surface area contributed by atoms with Gasteiger partial charge in [-0.2, -0.15) is 5.10 Å². The van der Waals surface area contributed by atoms with Crippen molar-refractivity contribution in [2.45, 2.75) is 6.42 Å². The first kappa shape index (κ1) is 19.5. The van der Waals surface area contributed by atoms with Gasteiger partial charge < -0.3 is 19.9 Å². The molecule has 2 N–H and O–H groups in total. The molecule has 2 aromatic carbocycles. The van der Waals surface area contributed by atoms with Crippen molar-refractivity contribution >= 4 is 34.2 Å². The van der Waals surface area contributed by atoms with E-state index in [2.05, 4.69) is 20.4 Å². The Morgan fingerprint density at radius 1 is 1.09 bits per heavy atom. The van der Waals surface area contributed by atoms with Crippen molar-refractivity contribution in [2.24, 2.45) is 0 Å². The molecule has 0 fully saturated rings. The number of benzene rings is 2. The monoisotopic (exact) mass is 430 g/mol. The molecule has 0 spiro atoms. The molecule has 32 heavy (non-hydrogen) atoms. The first-order chi connectivity index (χ1) is 15.6. The lowest BCUT2D eigenvalue weighted by Gasteiger charge is -2.29. The van der Waals surface area contributed by atoms with Crippen LogP contribution in [0.4, 0.5) is 11.4 Å². The minimum absolute atomic E-state index is 0.0556. The number of nitrogens with zero attached hydrogens (tertiary/aromatic N) is 4. The summed E-state index contributed by atoms with van der Waals surface area (Å²) in [5, 5.41) is 7.48. The molecule has 0 aliphatic carbocycles. The van der Waals surface area contributed by atoms with E-state index in [1.54, 1.807) is 41.3 Å². The van der Waals surface area contributed by atoms with Gasteiger partial charge in [-0.25, -0.2) is 9.67 Å². The lowest BCUT2D eigenvalue weighted by molar-refractivity contribution is -0.121. The predicted octanol–water partition coefficient (Wildman–Crippen LogP) is 1.86. The SMILES string of the molecule is O=C(CCN1C(=O)COc2ccccc21)Nc1ccccc1-n1ncc2c(=O)[nH]cnc21. The number of hydrogen-bond acceptors (Lipinski definition) is 6. The normalized spacial score (nSPS) is 13.0. The molecule has 1 aliphatic heterocycles. The highest BCUT2D eigenvalue weighted by Gasteiger charge is 2.25. The van der Waals surface area contributed by atoms with Crippen LogP contribution in [0.5, 0.6) is 5.75 Å². The Hall–Kier alpha value is -4.47. The average molecular weight is 430 g/mol. The molecule has 160 valence electrons. The van der Waals surface area contributed by atoms with E-state index in [-0.39, 0.29) is 36.9 Å². The summed E-state index contributed by atoms with van der Waals surface area (Å²) < 4.78 is 6.94. The highest BCUT2D eigenvalue weighted by atomic mass is 16.5. The van der Waals surface area contributed by atoms with Gasteiger partial charge in [0, 0.05) is 13.0 Å². The Morgan fingerprint density at radius 2 is 1.88 bits per heavy atom. The zero-order valence-electron chi connectivity index (χ0n) is 16.8. The summed E-state index contributed by atoms with van der Waals surface area (Å²) in [6.45, 7) is 0.162. The summed E-state index contributed by atoms with van der Waals surface area (Å²) in [5.74, 6) is 0.151.